The van der Waals surface area contributed by atoms with Gasteiger partial charge in [0.15, 0.2) is 0 Å². The molecule has 1 N–H and O–H groups in total. The maximum Gasteiger partial charge on any atom is 0.326 e. The van der Waals surface area contributed by atoms with Gasteiger partial charge in [-0.15, -0.1) is 11.3 Å². The van der Waals surface area contributed by atoms with Crippen LogP contribution in [0.1, 0.15) is 44.8 Å². The number of thiazole rings is 1. The van der Waals surface area contributed by atoms with E-state index in [0.717, 1.165) is 29.0 Å². The van der Waals surface area contributed by atoms with Crippen molar-refractivity contribution in [3.05, 3.63) is 51.0 Å². The van der Waals surface area contributed by atoms with E-state index in [-0.39, 0.29) is 5.91 Å². The SMILES string of the molecule is CCCc1nc(C)c(C(=O)N2Cc3ccccc3CC2C(=O)O)s1. The Bertz CT molecular complexity index is 784. The van der Waals surface area contributed by atoms with Crippen LogP contribution in [-0.4, -0.2) is 32.9 Å². The second-order valence-electron chi connectivity index (χ2n) is 6.03. The predicted octanol–water partition coefficient (Wildman–Crippen LogP) is 3.06. The van der Waals surface area contributed by atoms with Crippen molar-refractivity contribution in [3.8, 4) is 0 Å². The monoisotopic (exact) mass is 344 g/mol. The third kappa shape index (κ3) is 3.06. The number of nitrogens with zero attached hydrogens (tertiary/aromatic N) is 2. The van der Waals surface area contributed by atoms with E-state index in [2.05, 4.69) is 11.9 Å². The fourth-order valence-corrected chi connectivity index (χ4v) is 4.18. The molecule has 24 heavy (non-hydrogen) atoms. The first kappa shape index (κ1) is 16.6. The molecule has 3 rings (SSSR count). The Morgan fingerprint density at radius 3 is 2.71 bits per heavy atom. The summed E-state index contributed by atoms with van der Waals surface area (Å²) >= 11 is 1.39. The lowest BCUT2D eigenvalue weighted by Gasteiger charge is -2.34. The minimum absolute atomic E-state index is 0.228. The van der Waals surface area contributed by atoms with Gasteiger partial charge in [0.05, 0.1) is 10.7 Å². The number of carbonyl (C=O) groups is 2. The number of hydrogen-bond donors (Lipinski definition) is 1. The van der Waals surface area contributed by atoms with Crippen LogP contribution in [0, 0.1) is 6.92 Å². The van der Waals surface area contributed by atoms with Crippen molar-refractivity contribution in [2.75, 3.05) is 0 Å². The Kier molecular flexibility index (Phi) is 4.66. The van der Waals surface area contributed by atoms with Crippen LogP contribution >= 0.6 is 11.3 Å². The molecule has 0 aliphatic carbocycles. The smallest absolute Gasteiger partial charge is 0.326 e. The lowest BCUT2D eigenvalue weighted by atomic mass is 9.94. The normalized spacial score (nSPS) is 16.8. The van der Waals surface area contributed by atoms with Gasteiger partial charge in [-0.3, -0.25) is 4.79 Å². The van der Waals surface area contributed by atoms with Gasteiger partial charge in [0.1, 0.15) is 10.9 Å². The molecule has 0 fully saturated rings. The van der Waals surface area contributed by atoms with E-state index in [1.54, 1.807) is 0 Å². The standard InChI is InChI=1S/C18H20N2O3S/c1-3-6-15-19-11(2)16(24-15)17(21)20-10-13-8-5-4-7-12(13)9-14(20)18(22)23/h4-5,7-8,14H,3,6,9-10H2,1-2H3,(H,22,23). The average molecular weight is 344 g/mol. The molecular weight excluding hydrogens is 324 g/mol. The average Bonchev–Trinajstić information content (AvgIpc) is 2.93. The van der Waals surface area contributed by atoms with E-state index in [4.69, 9.17) is 0 Å². The molecule has 0 saturated heterocycles. The highest BCUT2D eigenvalue weighted by Crippen LogP contribution is 2.28. The van der Waals surface area contributed by atoms with Crippen LogP contribution in [0.3, 0.4) is 0 Å². The van der Waals surface area contributed by atoms with Crippen molar-refractivity contribution in [1.82, 2.24) is 9.88 Å². The number of benzene rings is 1. The Hall–Kier alpha value is -2.21. The quantitative estimate of drug-likeness (QED) is 0.925. The van der Waals surface area contributed by atoms with Gasteiger partial charge in [0.2, 0.25) is 0 Å². The van der Waals surface area contributed by atoms with Crippen molar-refractivity contribution in [1.29, 1.82) is 0 Å². The summed E-state index contributed by atoms with van der Waals surface area (Å²) in [4.78, 5) is 31.2. The van der Waals surface area contributed by atoms with E-state index in [0.29, 0.717) is 23.5 Å². The number of aryl methyl sites for hydroxylation is 2. The number of rotatable bonds is 4. The summed E-state index contributed by atoms with van der Waals surface area (Å²) in [7, 11) is 0. The highest BCUT2D eigenvalue weighted by Gasteiger charge is 2.36. The van der Waals surface area contributed by atoms with E-state index in [1.165, 1.54) is 16.2 Å². The lowest BCUT2D eigenvalue weighted by Crippen LogP contribution is -2.48. The number of fused-ring (bicyclic) bond motifs is 1. The topological polar surface area (TPSA) is 70.5 Å². The van der Waals surface area contributed by atoms with Crippen LogP contribution in [0.25, 0.3) is 0 Å². The number of aromatic nitrogens is 1. The van der Waals surface area contributed by atoms with Gasteiger partial charge in [-0.05, 0) is 30.9 Å². The Balaban J connectivity index is 1.94. The first-order valence-electron chi connectivity index (χ1n) is 8.08. The summed E-state index contributed by atoms with van der Waals surface area (Å²) in [5, 5.41) is 10.5. The van der Waals surface area contributed by atoms with Crippen molar-refractivity contribution in [2.24, 2.45) is 0 Å². The molecule has 2 heterocycles. The zero-order valence-corrected chi connectivity index (χ0v) is 14.6. The number of carboxylic acid groups (broad SMARTS) is 1. The molecule has 0 radical (unpaired) electrons. The maximum atomic E-state index is 13.0. The lowest BCUT2D eigenvalue weighted by molar-refractivity contribution is -0.142. The fourth-order valence-electron chi connectivity index (χ4n) is 3.06. The number of amides is 1. The van der Waals surface area contributed by atoms with Gasteiger partial charge in [-0.2, -0.15) is 0 Å². The Morgan fingerprint density at radius 1 is 1.33 bits per heavy atom. The molecule has 1 aliphatic heterocycles. The first-order chi connectivity index (χ1) is 11.5. The Labute approximate surface area is 145 Å². The molecule has 1 amide bonds. The maximum absolute atomic E-state index is 13.0. The third-order valence-corrected chi connectivity index (χ3v) is 5.50. The molecule has 0 bridgehead atoms. The summed E-state index contributed by atoms with van der Waals surface area (Å²) in [6.07, 6.45) is 2.15. The van der Waals surface area contributed by atoms with Gasteiger partial charge in [-0.1, -0.05) is 31.2 Å². The highest BCUT2D eigenvalue weighted by molar-refractivity contribution is 7.13. The fraction of sp³-hybridized carbons (Fsp3) is 0.389. The zero-order chi connectivity index (χ0) is 17.3. The van der Waals surface area contributed by atoms with Gasteiger partial charge in [0.25, 0.3) is 5.91 Å². The summed E-state index contributed by atoms with van der Waals surface area (Å²) < 4.78 is 0. The van der Waals surface area contributed by atoms with Crippen molar-refractivity contribution in [3.63, 3.8) is 0 Å². The molecule has 126 valence electrons. The Morgan fingerprint density at radius 2 is 2.04 bits per heavy atom. The summed E-state index contributed by atoms with van der Waals surface area (Å²) in [6.45, 7) is 4.21. The second-order valence-corrected chi connectivity index (χ2v) is 7.12. The van der Waals surface area contributed by atoms with Crippen LogP contribution in [0.2, 0.25) is 0 Å². The largest absolute Gasteiger partial charge is 0.480 e. The summed E-state index contributed by atoms with van der Waals surface area (Å²) in [5.74, 6) is -1.19. The van der Waals surface area contributed by atoms with Crippen molar-refractivity contribution in [2.45, 2.75) is 45.7 Å². The highest BCUT2D eigenvalue weighted by atomic mass is 32.1. The number of aliphatic carboxylic acids is 1. The number of hydrogen-bond acceptors (Lipinski definition) is 4. The van der Waals surface area contributed by atoms with Gasteiger partial charge in [-0.25, -0.2) is 9.78 Å². The molecule has 1 aromatic heterocycles. The van der Waals surface area contributed by atoms with E-state index in [1.807, 2.05) is 31.2 Å². The van der Waals surface area contributed by atoms with E-state index >= 15 is 0 Å². The predicted molar refractivity (Wildman–Crippen MR) is 92.3 cm³/mol. The molecule has 0 saturated carbocycles. The van der Waals surface area contributed by atoms with Gasteiger partial charge >= 0.3 is 5.97 Å². The van der Waals surface area contributed by atoms with Crippen LogP contribution < -0.4 is 0 Å². The van der Waals surface area contributed by atoms with E-state index < -0.39 is 12.0 Å². The summed E-state index contributed by atoms with van der Waals surface area (Å²) in [6, 6.07) is 6.88. The third-order valence-electron chi connectivity index (χ3n) is 4.29. The van der Waals surface area contributed by atoms with Crippen LogP contribution in [0.4, 0.5) is 0 Å². The van der Waals surface area contributed by atoms with Crippen molar-refractivity contribution >= 4 is 23.2 Å². The second kappa shape index (κ2) is 6.73. The molecule has 2 aromatic rings. The molecule has 0 spiro atoms. The van der Waals surface area contributed by atoms with Crippen LogP contribution in [0.5, 0.6) is 0 Å². The molecule has 1 aliphatic rings. The zero-order valence-electron chi connectivity index (χ0n) is 13.8. The molecule has 6 heteroatoms. The molecule has 5 nitrogen and oxygen atoms in total. The minimum atomic E-state index is -0.964. The first-order valence-corrected chi connectivity index (χ1v) is 8.89. The van der Waals surface area contributed by atoms with Gasteiger partial charge in [0, 0.05) is 13.0 Å². The van der Waals surface area contributed by atoms with Gasteiger partial charge < -0.3 is 10.0 Å². The molecule has 1 aromatic carbocycles. The van der Waals surface area contributed by atoms with Crippen molar-refractivity contribution < 1.29 is 14.7 Å². The van der Waals surface area contributed by atoms with Crippen LogP contribution in [0.15, 0.2) is 24.3 Å². The van der Waals surface area contributed by atoms with E-state index in [9.17, 15) is 14.7 Å². The molecular formula is C18H20N2O3S. The number of carboxylic acids is 1. The number of carbonyl (C=O) groups excluding carboxylic acids is 1. The molecule has 1 atom stereocenters. The molecule has 1 unspecified atom stereocenters. The summed E-state index contributed by atoms with van der Waals surface area (Å²) in [5.41, 5.74) is 2.71. The minimum Gasteiger partial charge on any atom is -0.480 e. The van der Waals surface area contributed by atoms with Crippen LogP contribution in [-0.2, 0) is 24.2 Å².